The van der Waals surface area contributed by atoms with Crippen molar-refractivity contribution in [1.82, 2.24) is 5.32 Å². The van der Waals surface area contributed by atoms with Crippen molar-refractivity contribution in [3.05, 3.63) is 35.4 Å². The topological polar surface area (TPSA) is 112 Å². The van der Waals surface area contributed by atoms with Crippen LogP contribution in [0, 0.1) is 22.7 Å². The van der Waals surface area contributed by atoms with E-state index >= 15 is 0 Å². The molecule has 2 rings (SSSR count). The highest BCUT2D eigenvalue weighted by Gasteiger charge is 2.33. The van der Waals surface area contributed by atoms with Crippen LogP contribution in [0.5, 0.6) is 5.75 Å². The second kappa shape index (κ2) is 9.40. The molecule has 0 atom stereocenters. The number of carbonyl (C=O) groups excluding carboxylic acids is 2. The number of nitrogens with one attached hydrogen (secondary N) is 1. The summed E-state index contributed by atoms with van der Waals surface area (Å²) in [6, 6.07) is 10.8. The molecule has 1 amide bonds. The summed E-state index contributed by atoms with van der Waals surface area (Å²) in [6.45, 7) is -0.542. The zero-order chi connectivity index (χ0) is 19.7. The number of carbonyl (C=O) groups is 2. The van der Waals surface area contributed by atoms with Crippen LogP contribution in [-0.4, -0.2) is 31.1 Å². The largest absolute Gasteiger partial charge is 0.497 e. The highest BCUT2D eigenvalue weighted by molar-refractivity contribution is 5.98. The molecule has 140 valence electrons. The third-order valence-corrected chi connectivity index (χ3v) is 4.38. The number of ether oxygens (including phenoxy) is 2. The fourth-order valence-electron chi connectivity index (χ4n) is 2.97. The van der Waals surface area contributed by atoms with Crippen LogP contribution >= 0.6 is 0 Å². The molecule has 0 bridgehead atoms. The standard InChI is InChI=1S/C20H21N3O4/c1-26-17-7-5-6-15(11-17)10-16(12-21)19(25)27-13-18(24)23-20(14-22)8-3-2-4-9-20/h5-7,10-11H,2-4,8-9,13H2,1H3,(H,23,24)/b16-10+. The lowest BCUT2D eigenvalue weighted by atomic mass is 9.83. The summed E-state index contributed by atoms with van der Waals surface area (Å²) >= 11 is 0. The fourth-order valence-corrected chi connectivity index (χ4v) is 2.97. The van der Waals surface area contributed by atoms with E-state index in [1.165, 1.54) is 13.2 Å². The van der Waals surface area contributed by atoms with Crippen molar-refractivity contribution in [2.75, 3.05) is 13.7 Å². The summed E-state index contributed by atoms with van der Waals surface area (Å²) in [5.41, 5.74) is -0.530. The average Bonchev–Trinajstić information content (AvgIpc) is 2.71. The molecule has 1 saturated carbocycles. The van der Waals surface area contributed by atoms with Gasteiger partial charge in [0.2, 0.25) is 0 Å². The Kier molecular flexibility index (Phi) is 6.96. The normalized spacial score (nSPS) is 15.7. The van der Waals surface area contributed by atoms with Gasteiger partial charge in [0.1, 0.15) is 22.9 Å². The van der Waals surface area contributed by atoms with Crippen molar-refractivity contribution >= 4 is 18.0 Å². The van der Waals surface area contributed by atoms with Crippen LogP contribution in [0.3, 0.4) is 0 Å². The van der Waals surface area contributed by atoms with Gasteiger partial charge in [-0.25, -0.2) is 4.79 Å². The van der Waals surface area contributed by atoms with Gasteiger partial charge in [-0.3, -0.25) is 4.79 Å². The van der Waals surface area contributed by atoms with Crippen LogP contribution in [0.2, 0.25) is 0 Å². The van der Waals surface area contributed by atoms with Crippen LogP contribution in [0.1, 0.15) is 37.7 Å². The van der Waals surface area contributed by atoms with E-state index in [9.17, 15) is 20.1 Å². The summed E-state index contributed by atoms with van der Waals surface area (Å²) in [5.74, 6) is -0.862. The second-order valence-corrected chi connectivity index (χ2v) is 6.33. The van der Waals surface area contributed by atoms with E-state index < -0.39 is 24.0 Å². The number of rotatable bonds is 6. The molecule has 7 heteroatoms. The van der Waals surface area contributed by atoms with E-state index in [4.69, 9.17) is 9.47 Å². The number of esters is 1. The highest BCUT2D eigenvalue weighted by Crippen LogP contribution is 2.27. The van der Waals surface area contributed by atoms with E-state index in [0.717, 1.165) is 19.3 Å². The number of hydrogen-bond donors (Lipinski definition) is 1. The van der Waals surface area contributed by atoms with Gasteiger partial charge in [-0.2, -0.15) is 10.5 Å². The minimum absolute atomic E-state index is 0.233. The van der Waals surface area contributed by atoms with E-state index in [1.807, 2.05) is 0 Å². The number of nitrogens with zero attached hydrogens (tertiary/aromatic N) is 2. The highest BCUT2D eigenvalue weighted by atomic mass is 16.5. The molecule has 0 heterocycles. The molecule has 27 heavy (non-hydrogen) atoms. The number of hydrogen-bond acceptors (Lipinski definition) is 6. The van der Waals surface area contributed by atoms with E-state index in [2.05, 4.69) is 11.4 Å². The van der Waals surface area contributed by atoms with Gasteiger partial charge in [0, 0.05) is 0 Å². The Morgan fingerprint density at radius 2 is 2.00 bits per heavy atom. The first-order valence-electron chi connectivity index (χ1n) is 8.67. The lowest BCUT2D eigenvalue weighted by molar-refractivity contribution is -0.144. The van der Waals surface area contributed by atoms with Crippen molar-refractivity contribution in [1.29, 1.82) is 10.5 Å². The van der Waals surface area contributed by atoms with Gasteiger partial charge in [0.25, 0.3) is 5.91 Å². The van der Waals surface area contributed by atoms with E-state index in [-0.39, 0.29) is 5.57 Å². The van der Waals surface area contributed by atoms with Crippen molar-refractivity contribution in [3.8, 4) is 17.9 Å². The Labute approximate surface area is 158 Å². The molecule has 0 aliphatic heterocycles. The van der Waals surface area contributed by atoms with Crippen LogP contribution in [0.4, 0.5) is 0 Å². The smallest absolute Gasteiger partial charge is 0.349 e. The predicted octanol–water partition coefficient (Wildman–Crippen LogP) is 2.49. The molecule has 0 saturated heterocycles. The molecule has 0 unspecified atom stereocenters. The molecule has 1 N–H and O–H groups in total. The number of nitriles is 2. The Hall–Kier alpha value is -3.32. The molecular formula is C20H21N3O4. The number of amides is 1. The number of methoxy groups -OCH3 is 1. The first kappa shape index (κ1) is 20.0. The van der Waals surface area contributed by atoms with Crippen LogP contribution < -0.4 is 10.1 Å². The molecular weight excluding hydrogens is 346 g/mol. The van der Waals surface area contributed by atoms with Crippen molar-refractivity contribution < 1.29 is 19.1 Å². The Morgan fingerprint density at radius 3 is 2.63 bits per heavy atom. The van der Waals surface area contributed by atoms with Gasteiger partial charge in [-0.05, 0) is 36.6 Å². The SMILES string of the molecule is COc1cccc(/C=C(\C#N)C(=O)OCC(=O)NC2(C#N)CCCCC2)c1. The summed E-state index contributed by atoms with van der Waals surface area (Å²) < 4.78 is 10.0. The minimum atomic E-state index is -0.898. The maximum Gasteiger partial charge on any atom is 0.349 e. The van der Waals surface area contributed by atoms with Gasteiger partial charge in [0.05, 0.1) is 13.2 Å². The average molecular weight is 367 g/mol. The van der Waals surface area contributed by atoms with Gasteiger partial charge in [-0.15, -0.1) is 0 Å². The molecule has 1 aromatic carbocycles. The Balaban J connectivity index is 1.96. The minimum Gasteiger partial charge on any atom is -0.497 e. The van der Waals surface area contributed by atoms with Gasteiger partial charge in [-0.1, -0.05) is 31.4 Å². The van der Waals surface area contributed by atoms with Crippen molar-refractivity contribution in [2.45, 2.75) is 37.6 Å². The zero-order valence-electron chi connectivity index (χ0n) is 15.2. The summed E-state index contributed by atoms with van der Waals surface area (Å²) in [5, 5.41) is 21.2. The van der Waals surface area contributed by atoms with Gasteiger partial charge >= 0.3 is 5.97 Å². The van der Waals surface area contributed by atoms with Crippen LogP contribution in [-0.2, 0) is 14.3 Å². The Bertz CT molecular complexity index is 811. The summed E-state index contributed by atoms with van der Waals surface area (Å²) in [4.78, 5) is 24.2. The molecule has 1 aromatic rings. The molecule has 1 fully saturated rings. The van der Waals surface area contributed by atoms with E-state index in [1.54, 1.807) is 30.3 Å². The zero-order valence-corrected chi connectivity index (χ0v) is 15.2. The number of benzene rings is 1. The molecule has 0 radical (unpaired) electrons. The van der Waals surface area contributed by atoms with Crippen LogP contribution in [0.15, 0.2) is 29.8 Å². The monoisotopic (exact) mass is 367 g/mol. The second-order valence-electron chi connectivity index (χ2n) is 6.33. The molecule has 0 spiro atoms. The Morgan fingerprint density at radius 1 is 1.26 bits per heavy atom. The molecule has 0 aromatic heterocycles. The molecule has 7 nitrogen and oxygen atoms in total. The summed E-state index contributed by atoms with van der Waals surface area (Å²) in [6.07, 6.45) is 5.31. The van der Waals surface area contributed by atoms with Crippen molar-refractivity contribution in [2.24, 2.45) is 0 Å². The van der Waals surface area contributed by atoms with Crippen LogP contribution in [0.25, 0.3) is 6.08 Å². The first-order chi connectivity index (χ1) is 13.0. The predicted molar refractivity (Wildman–Crippen MR) is 97.1 cm³/mol. The molecule has 1 aliphatic rings. The van der Waals surface area contributed by atoms with E-state index in [0.29, 0.717) is 24.2 Å². The van der Waals surface area contributed by atoms with Gasteiger partial charge < -0.3 is 14.8 Å². The lowest BCUT2D eigenvalue weighted by Crippen LogP contribution is -2.50. The third-order valence-electron chi connectivity index (χ3n) is 4.38. The summed E-state index contributed by atoms with van der Waals surface area (Å²) in [7, 11) is 1.52. The fraction of sp³-hybridized carbons (Fsp3) is 0.400. The van der Waals surface area contributed by atoms with Gasteiger partial charge in [0.15, 0.2) is 6.61 Å². The molecule has 1 aliphatic carbocycles. The maximum atomic E-state index is 12.1. The maximum absolute atomic E-state index is 12.1. The van der Waals surface area contributed by atoms with Crippen molar-refractivity contribution in [3.63, 3.8) is 0 Å². The first-order valence-corrected chi connectivity index (χ1v) is 8.67. The quantitative estimate of drug-likeness (QED) is 0.470. The third kappa shape index (κ3) is 5.58. The lowest BCUT2D eigenvalue weighted by Gasteiger charge is -2.31.